The Balaban J connectivity index is 1.45. The number of allylic oxidation sites excluding steroid dienone is 3. The number of benzene rings is 1. The van der Waals surface area contributed by atoms with Crippen LogP contribution in [0.15, 0.2) is 52.2 Å². The summed E-state index contributed by atoms with van der Waals surface area (Å²) in [5.74, 6) is 4.23. The minimum absolute atomic E-state index is 0.0921. The van der Waals surface area contributed by atoms with E-state index in [4.69, 9.17) is 4.74 Å². The van der Waals surface area contributed by atoms with Crippen molar-refractivity contribution in [2.45, 2.75) is 82.8 Å². The van der Waals surface area contributed by atoms with Crippen LogP contribution in [0, 0.1) is 45.8 Å². The van der Waals surface area contributed by atoms with Crippen LogP contribution < -0.4 is 4.90 Å². The first-order valence-corrected chi connectivity index (χ1v) is 15.8. The van der Waals surface area contributed by atoms with Crippen molar-refractivity contribution >= 4 is 11.5 Å². The second-order valence-electron chi connectivity index (χ2n) is 13.5. The number of rotatable bonds is 7. The van der Waals surface area contributed by atoms with Crippen LogP contribution in [0.2, 0.25) is 0 Å². The third-order valence-electron chi connectivity index (χ3n) is 11.2. The van der Waals surface area contributed by atoms with Gasteiger partial charge >= 0.3 is 6.18 Å². The number of fused-ring (bicyclic) bond motifs is 4. The lowest BCUT2D eigenvalue weighted by Gasteiger charge is -2.54. The summed E-state index contributed by atoms with van der Waals surface area (Å²) in [5, 5.41) is 3.31. The van der Waals surface area contributed by atoms with Crippen molar-refractivity contribution in [3.63, 3.8) is 0 Å². The molecule has 2 saturated carbocycles. The lowest BCUT2D eigenvalue weighted by atomic mass is 9.50. The SMILES string of the molecule is COCC(=O)[C@H]1CC[C@H]2[C@@H]3CC(CC#CC(F)(F)F)C4=CC(N=O)CCC4=C3[C@@H](c3ccc(N4CCCC4)cc3)C[C@]12C. The van der Waals surface area contributed by atoms with Crippen LogP contribution in [0.5, 0.6) is 0 Å². The molecule has 8 heteroatoms. The Morgan fingerprint density at radius 1 is 1.14 bits per heavy atom. The van der Waals surface area contributed by atoms with Gasteiger partial charge in [0.25, 0.3) is 0 Å². The first-order chi connectivity index (χ1) is 20.6. The number of nitrogens with zero attached hydrogens (tertiary/aromatic N) is 2. The highest BCUT2D eigenvalue weighted by Crippen LogP contribution is 2.66. The van der Waals surface area contributed by atoms with E-state index in [1.165, 1.54) is 41.2 Å². The van der Waals surface area contributed by atoms with Gasteiger partial charge in [0, 0.05) is 50.1 Å². The molecular formula is C35H41F3N2O3. The fourth-order valence-electron chi connectivity index (χ4n) is 9.44. The summed E-state index contributed by atoms with van der Waals surface area (Å²) >= 11 is 0. The van der Waals surface area contributed by atoms with Gasteiger partial charge in [0.05, 0.1) is 0 Å². The van der Waals surface area contributed by atoms with Crippen molar-refractivity contribution in [3.05, 3.63) is 57.5 Å². The highest BCUT2D eigenvalue weighted by atomic mass is 19.4. The molecule has 0 radical (unpaired) electrons. The summed E-state index contributed by atoms with van der Waals surface area (Å²) in [6.45, 7) is 4.51. The molecule has 0 N–H and O–H groups in total. The molecular weight excluding hydrogens is 553 g/mol. The van der Waals surface area contributed by atoms with Crippen molar-refractivity contribution in [2.75, 3.05) is 31.7 Å². The number of nitroso groups, excluding NO2 is 1. The third-order valence-corrected chi connectivity index (χ3v) is 11.2. The molecule has 4 aliphatic carbocycles. The summed E-state index contributed by atoms with van der Waals surface area (Å²) in [6, 6.07) is 8.47. The molecule has 230 valence electrons. The van der Waals surface area contributed by atoms with Gasteiger partial charge in [-0.1, -0.05) is 41.8 Å². The van der Waals surface area contributed by atoms with E-state index in [-0.39, 0.29) is 53.8 Å². The van der Waals surface area contributed by atoms with Gasteiger partial charge in [-0.2, -0.15) is 18.1 Å². The average molecular weight is 595 g/mol. The Morgan fingerprint density at radius 3 is 2.56 bits per heavy atom. The smallest absolute Gasteiger partial charge is 0.377 e. The molecule has 0 bridgehead atoms. The number of hydrogen-bond acceptors (Lipinski definition) is 5. The molecule has 2 unspecified atom stereocenters. The zero-order valence-corrected chi connectivity index (χ0v) is 25.1. The van der Waals surface area contributed by atoms with Crippen molar-refractivity contribution in [1.29, 1.82) is 0 Å². The molecule has 1 aliphatic heterocycles. The monoisotopic (exact) mass is 594 g/mol. The van der Waals surface area contributed by atoms with Crippen LogP contribution in [-0.2, 0) is 9.53 Å². The van der Waals surface area contributed by atoms with E-state index < -0.39 is 12.2 Å². The van der Waals surface area contributed by atoms with Gasteiger partial charge < -0.3 is 9.64 Å². The molecule has 1 heterocycles. The number of halogens is 3. The first-order valence-electron chi connectivity index (χ1n) is 15.8. The van der Waals surface area contributed by atoms with Crippen molar-refractivity contribution in [3.8, 4) is 11.8 Å². The number of carbonyl (C=O) groups is 1. The van der Waals surface area contributed by atoms with E-state index in [2.05, 4.69) is 47.2 Å². The number of carbonyl (C=O) groups excluding carboxylic acids is 1. The average Bonchev–Trinajstić information content (AvgIpc) is 3.64. The van der Waals surface area contributed by atoms with Gasteiger partial charge in [-0.3, -0.25) is 4.79 Å². The van der Waals surface area contributed by atoms with E-state index in [0.717, 1.165) is 37.9 Å². The van der Waals surface area contributed by atoms with E-state index in [9.17, 15) is 22.9 Å². The molecule has 6 rings (SSSR count). The fraction of sp³-hybridized carbons (Fsp3) is 0.629. The molecule has 7 atom stereocenters. The van der Waals surface area contributed by atoms with E-state index in [1.807, 2.05) is 6.08 Å². The van der Waals surface area contributed by atoms with Crippen LogP contribution in [-0.4, -0.2) is 44.8 Å². The maximum absolute atomic E-state index is 13.4. The predicted octanol–water partition coefficient (Wildman–Crippen LogP) is 7.77. The number of ketones is 1. The van der Waals surface area contributed by atoms with Crippen molar-refractivity contribution in [1.82, 2.24) is 0 Å². The summed E-state index contributed by atoms with van der Waals surface area (Å²) in [4.78, 5) is 27.4. The second-order valence-corrected chi connectivity index (χ2v) is 13.5. The zero-order valence-electron chi connectivity index (χ0n) is 25.1. The molecule has 1 saturated heterocycles. The Bertz CT molecular complexity index is 1370. The molecule has 5 nitrogen and oxygen atoms in total. The highest BCUT2D eigenvalue weighted by molar-refractivity contribution is 5.83. The summed E-state index contributed by atoms with van der Waals surface area (Å²) in [7, 11) is 1.56. The second kappa shape index (κ2) is 11.9. The van der Waals surface area contributed by atoms with Gasteiger partial charge in [-0.05, 0) is 103 Å². The lowest BCUT2D eigenvalue weighted by molar-refractivity contribution is -0.131. The number of Topliss-reactive ketones (excluding diaryl/α,β-unsaturated/α-hetero) is 1. The van der Waals surface area contributed by atoms with Crippen molar-refractivity contribution < 1.29 is 22.7 Å². The molecule has 5 aliphatic rings. The predicted molar refractivity (Wildman–Crippen MR) is 160 cm³/mol. The molecule has 43 heavy (non-hydrogen) atoms. The van der Waals surface area contributed by atoms with Crippen LogP contribution in [0.3, 0.4) is 0 Å². The van der Waals surface area contributed by atoms with Crippen LogP contribution >= 0.6 is 0 Å². The van der Waals surface area contributed by atoms with Gasteiger partial charge in [-0.25, -0.2) is 0 Å². The summed E-state index contributed by atoms with van der Waals surface area (Å²) in [6.07, 6.45) is 4.42. The fourth-order valence-corrected chi connectivity index (χ4v) is 9.44. The lowest BCUT2D eigenvalue weighted by Crippen LogP contribution is -2.46. The highest BCUT2D eigenvalue weighted by Gasteiger charge is 2.58. The number of methoxy groups -OCH3 is 1. The topological polar surface area (TPSA) is 59.0 Å². The quantitative estimate of drug-likeness (QED) is 0.239. The Labute approximate surface area is 252 Å². The standard InChI is InChI=1S/C35H41F3N2O3/c1-34-20-29(22-7-10-25(11-8-22)40-16-3-4-17-40)33-26-12-9-24(39-42)19-27(26)23(6-5-15-35(36,37)38)18-28(33)30(34)13-14-31(34)32(41)21-43-2/h7-8,10-11,19,23-24,28-31H,3-4,6,9,12-14,16-18,20-21H2,1-2H3/t23?,24?,28-,29+,30-,31+,34-/m0/s1. The summed E-state index contributed by atoms with van der Waals surface area (Å²) in [5.41, 5.74) is 5.78. The number of alkyl halides is 3. The van der Waals surface area contributed by atoms with Gasteiger partial charge in [0.2, 0.25) is 0 Å². The van der Waals surface area contributed by atoms with Crippen LogP contribution in [0.4, 0.5) is 18.9 Å². The zero-order chi connectivity index (χ0) is 30.4. The molecule has 0 aromatic heterocycles. The third kappa shape index (κ3) is 5.70. The van der Waals surface area contributed by atoms with E-state index >= 15 is 0 Å². The van der Waals surface area contributed by atoms with Crippen LogP contribution in [0.1, 0.15) is 76.2 Å². The van der Waals surface area contributed by atoms with Crippen molar-refractivity contribution in [2.24, 2.45) is 34.3 Å². The summed E-state index contributed by atoms with van der Waals surface area (Å²) < 4.78 is 44.3. The minimum Gasteiger partial charge on any atom is -0.377 e. The molecule has 0 amide bonds. The number of hydrogen-bond donors (Lipinski definition) is 0. The number of ether oxygens (including phenoxy) is 1. The maximum Gasteiger partial charge on any atom is 0.457 e. The van der Waals surface area contributed by atoms with E-state index in [1.54, 1.807) is 7.11 Å². The molecule has 3 fully saturated rings. The maximum atomic E-state index is 13.4. The van der Waals surface area contributed by atoms with Gasteiger partial charge in [0.1, 0.15) is 12.6 Å². The van der Waals surface area contributed by atoms with Gasteiger partial charge in [-0.15, -0.1) is 0 Å². The first kappa shape index (κ1) is 30.1. The Kier molecular flexibility index (Phi) is 8.32. The normalized spacial score (nSPS) is 33.6. The largest absolute Gasteiger partial charge is 0.457 e. The molecule has 0 spiro atoms. The Morgan fingerprint density at radius 2 is 1.88 bits per heavy atom. The minimum atomic E-state index is -4.54. The van der Waals surface area contributed by atoms with Gasteiger partial charge in [0.15, 0.2) is 5.78 Å². The number of anilines is 1. The van der Waals surface area contributed by atoms with E-state index in [0.29, 0.717) is 19.3 Å². The molecule has 1 aromatic carbocycles. The molecule has 1 aromatic rings. The van der Waals surface area contributed by atoms with Crippen LogP contribution in [0.25, 0.3) is 0 Å². The Hall–Kier alpha value is -2.92.